The number of pyridine rings is 1. The summed E-state index contributed by atoms with van der Waals surface area (Å²) in [5.74, 6) is 0.620. The van der Waals surface area contributed by atoms with Gasteiger partial charge in [0.1, 0.15) is 11.6 Å². The molecule has 0 bridgehead atoms. The summed E-state index contributed by atoms with van der Waals surface area (Å²) >= 11 is 0. The van der Waals surface area contributed by atoms with Crippen molar-refractivity contribution in [3.8, 4) is 0 Å². The van der Waals surface area contributed by atoms with Gasteiger partial charge in [-0.15, -0.1) is 0 Å². The topological polar surface area (TPSA) is 69.9 Å². The molecule has 166 valence electrons. The highest BCUT2D eigenvalue weighted by Gasteiger charge is 2.37. The average molecular weight is 436 g/mol. The molecule has 1 atom stereocenters. The van der Waals surface area contributed by atoms with Crippen LogP contribution < -0.4 is 4.90 Å². The number of carbonyl (C=O) groups is 2. The van der Waals surface area contributed by atoms with E-state index in [1.54, 1.807) is 28.2 Å². The Hall–Kier alpha value is -3.04. The third-order valence-corrected chi connectivity index (χ3v) is 5.70. The predicted octanol–water partition coefficient (Wildman–Crippen LogP) is 2.78. The van der Waals surface area contributed by atoms with Crippen LogP contribution in [0.25, 0.3) is 0 Å². The van der Waals surface area contributed by atoms with E-state index in [0.29, 0.717) is 57.3 Å². The predicted molar refractivity (Wildman–Crippen MR) is 105 cm³/mol. The van der Waals surface area contributed by atoms with Gasteiger partial charge in [-0.25, -0.2) is 4.98 Å². The van der Waals surface area contributed by atoms with Crippen LogP contribution >= 0.6 is 0 Å². The lowest BCUT2D eigenvalue weighted by molar-refractivity contribution is -0.138. The third kappa shape index (κ3) is 4.83. The molecule has 2 aliphatic heterocycles. The maximum atomic E-state index is 13.0. The first-order chi connectivity index (χ1) is 14.8. The first-order valence-electron chi connectivity index (χ1n) is 10.2. The van der Waals surface area contributed by atoms with Crippen molar-refractivity contribution in [2.24, 2.45) is 5.92 Å². The summed E-state index contributed by atoms with van der Waals surface area (Å²) in [6.07, 6.45) is -1.18. The molecular formula is C21H23F3N4O3. The van der Waals surface area contributed by atoms with Crippen LogP contribution in [0.2, 0.25) is 0 Å². The maximum Gasteiger partial charge on any atom is 0.417 e. The lowest BCUT2D eigenvalue weighted by Crippen LogP contribution is -2.40. The van der Waals surface area contributed by atoms with Gasteiger partial charge < -0.3 is 19.1 Å². The monoisotopic (exact) mass is 436 g/mol. The van der Waals surface area contributed by atoms with Crippen LogP contribution in [-0.4, -0.2) is 59.3 Å². The normalized spacial score (nSPS) is 20.3. The molecule has 2 amide bonds. The molecule has 2 aromatic rings. The van der Waals surface area contributed by atoms with Crippen LogP contribution in [0.3, 0.4) is 0 Å². The molecule has 7 nitrogen and oxygen atoms in total. The Balaban J connectivity index is 1.34. The van der Waals surface area contributed by atoms with Gasteiger partial charge in [-0.2, -0.15) is 13.2 Å². The van der Waals surface area contributed by atoms with E-state index in [1.807, 2.05) is 4.90 Å². The van der Waals surface area contributed by atoms with Crippen LogP contribution in [0.4, 0.5) is 19.0 Å². The van der Waals surface area contributed by atoms with E-state index in [0.717, 1.165) is 12.3 Å². The number of halogens is 3. The van der Waals surface area contributed by atoms with Crippen molar-refractivity contribution in [1.29, 1.82) is 0 Å². The minimum atomic E-state index is -4.42. The van der Waals surface area contributed by atoms with Gasteiger partial charge in [0.15, 0.2) is 0 Å². The molecule has 0 aliphatic carbocycles. The Morgan fingerprint density at radius 2 is 2.00 bits per heavy atom. The number of anilines is 1. The van der Waals surface area contributed by atoms with E-state index in [-0.39, 0.29) is 18.2 Å². The fourth-order valence-corrected chi connectivity index (χ4v) is 4.05. The lowest BCUT2D eigenvalue weighted by atomic mass is 10.1. The largest absolute Gasteiger partial charge is 0.467 e. The summed E-state index contributed by atoms with van der Waals surface area (Å²) in [5.41, 5.74) is -0.784. The van der Waals surface area contributed by atoms with Crippen molar-refractivity contribution in [1.82, 2.24) is 14.8 Å². The Morgan fingerprint density at radius 3 is 2.68 bits per heavy atom. The molecule has 31 heavy (non-hydrogen) atoms. The van der Waals surface area contributed by atoms with Crippen LogP contribution in [0.15, 0.2) is 41.1 Å². The average Bonchev–Trinajstić information content (AvgIpc) is 3.30. The van der Waals surface area contributed by atoms with E-state index in [1.165, 1.54) is 6.07 Å². The van der Waals surface area contributed by atoms with Crippen molar-refractivity contribution < 1.29 is 27.2 Å². The molecule has 2 aliphatic rings. The highest BCUT2D eigenvalue weighted by atomic mass is 19.4. The van der Waals surface area contributed by atoms with Gasteiger partial charge in [0.05, 0.1) is 24.3 Å². The molecule has 2 saturated heterocycles. The number of aromatic nitrogens is 1. The number of furan rings is 1. The van der Waals surface area contributed by atoms with Gasteiger partial charge in [-0.1, -0.05) is 0 Å². The van der Waals surface area contributed by atoms with Gasteiger partial charge in [0.25, 0.3) is 0 Å². The van der Waals surface area contributed by atoms with E-state index in [4.69, 9.17) is 4.42 Å². The minimum absolute atomic E-state index is 0.0578. The number of alkyl halides is 3. The van der Waals surface area contributed by atoms with Gasteiger partial charge in [-0.05, 0) is 30.7 Å². The number of amides is 2. The van der Waals surface area contributed by atoms with Crippen molar-refractivity contribution in [2.45, 2.75) is 25.6 Å². The number of rotatable bonds is 4. The van der Waals surface area contributed by atoms with Crippen molar-refractivity contribution >= 4 is 17.6 Å². The molecule has 2 fully saturated rings. The van der Waals surface area contributed by atoms with E-state index in [2.05, 4.69) is 4.98 Å². The fraction of sp³-hybridized carbons (Fsp3) is 0.476. The Morgan fingerprint density at radius 1 is 1.16 bits per heavy atom. The van der Waals surface area contributed by atoms with Crippen LogP contribution in [-0.2, 0) is 22.3 Å². The quantitative estimate of drug-likeness (QED) is 0.737. The van der Waals surface area contributed by atoms with Crippen LogP contribution in [0.1, 0.15) is 24.2 Å². The van der Waals surface area contributed by atoms with E-state index in [9.17, 15) is 22.8 Å². The molecule has 0 aromatic carbocycles. The van der Waals surface area contributed by atoms with E-state index < -0.39 is 17.7 Å². The minimum Gasteiger partial charge on any atom is -0.467 e. The summed E-state index contributed by atoms with van der Waals surface area (Å²) in [4.78, 5) is 34.6. The molecule has 4 rings (SSSR count). The molecular weight excluding hydrogens is 413 g/mol. The highest BCUT2D eigenvalue weighted by Crippen LogP contribution is 2.29. The third-order valence-electron chi connectivity index (χ3n) is 5.70. The Labute approximate surface area is 177 Å². The Kier molecular flexibility index (Phi) is 5.88. The second-order valence-electron chi connectivity index (χ2n) is 7.82. The summed E-state index contributed by atoms with van der Waals surface area (Å²) in [6, 6.07) is 5.93. The number of nitrogens with zero attached hydrogens (tertiary/aromatic N) is 4. The molecule has 0 N–H and O–H groups in total. The van der Waals surface area contributed by atoms with Gasteiger partial charge in [-0.3, -0.25) is 9.59 Å². The summed E-state index contributed by atoms with van der Waals surface area (Å²) in [5, 5.41) is 0. The van der Waals surface area contributed by atoms with Crippen LogP contribution in [0.5, 0.6) is 0 Å². The standard InChI is InChI=1S/C21H23F3N4O3/c22-21(23,24)16-4-5-18(25-12-16)26-6-2-7-27(9-8-26)20(30)15-11-19(29)28(13-15)14-17-3-1-10-31-17/h1,3-5,10,12,15H,2,6-9,11,13-14H2. The zero-order valence-corrected chi connectivity index (χ0v) is 16.8. The maximum absolute atomic E-state index is 13.0. The number of likely N-dealkylation sites (tertiary alicyclic amines) is 1. The van der Waals surface area contributed by atoms with Crippen molar-refractivity contribution in [2.75, 3.05) is 37.6 Å². The second kappa shape index (κ2) is 8.60. The van der Waals surface area contributed by atoms with Gasteiger partial charge in [0, 0.05) is 45.3 Å². The fourth-order valence-electron chi connectivity index (χ4n) is 4.05. The number of hydrogen-bond donors (Lipinski definition) is 0. The summed E-state index contributed by atoms with van der Waals surface area (Å²) in [6.45, 7) is 2.75. The molecule has 2 aromatic heterocycles. The highest BCUT2D eigenvalue weighted by molar-refractivity contribution is 5.89. The van der Waals surface area contributed by atoms with Gasteiger partial charge >= 0.3 is 6.18 Å². The smallest absolute Gasteiger partial charge is 0.417 e. The first kappa shape index (κ1) is 21.2. The molecule has 0 radical (unpaired) electrons. The molecule has 4 heterocycles. The van der Waals surface area contributed by atoms with E-state index >= 15 is 0 Å². The summed E-state index contributed by atoms with van der Waals surface area (Å²) < 4.78 is 43.5. The SMILES string of the molecule is O=C1CC(C(=O)N2CCCN(c3ccc(C(F)(F)F)cn3)CC2)CN1Cc1ccco1. The molecule has 0 saturated carbocycles. The Bertz CT molecular complexity index is 915. The zero-order valence-electron chi connectivity index (χ0n) is 16.8. The first-order valence-corrected chi connectivity index (χ1v) is 10.2. The molecule has 10 heteroatoms. The van der Waals surface area contributed by atoms with Crippen molar-refractivity contribution in [3.05, 3.63) is 48.0 Å². The second-order valence-corrected chi connectivity index (χ2v) is 7.82. The van der Waals surface area contributed by atoms with Crippen LogP contribution in [0, 0.1) is 5.92 Å². The molecule has 1 unspecified atom stereocenters. The summed E-state index contributed by atoms with van der Waals surface area (Å²) in [7, 11) is 0. The van der Waals surface area contributed by atoms with Crippen molar-refractivity contribution in [3.63, 3.8) is 0 Å². The number of carbonyl (C=O) groups excluding carboxylic acids is 2. The zero-order chi connectivity index (χ0) is 22.0. The van der Waals surface area contributed by atoms with Gasteiger partial charge in [0.2, 0.25) is 11.8 Å². The number of hydrogen-bond acceptors (Lipinski definition) is 5. The molecule has 0 spiro atoms. The lowest BCUT2D eigenvalue weighted by Gasteiger charge is -2.25.